The molecule has 14 heavy (non-hydrogen) atoms. The molecule has 0 heterocycles. The fourth-order valence-electron chi connectivity index (χ4n) is 1.20. The van der Waals surface area contributed by atoms with Crippen LogP contribution in [-0.4, -0.2) is 13.7 Å². The molecule has 0 aromatic rings. The molecule has 1 nitrogen and oxygen atoms in total. The van der Waals surface area contributed by atoms with Crippen LogP contribution in [0.15, 0.2) is 24.3 Å². The molecule has 0 radical (unpaired) electrons. The van der Waals surface area contributed by atoms with Crippen LogP contribution in [0.25, 0.3) is 0 Å². The molecule has 0 saturated carbocycles. The summed E-state index contributed by atoms with van der Waals surface area (Å²) in [5, 5.41) is 0. The molecular weight excluding hydrogens is 172 g/mol. The Kier molecular flexibility index (Phi) is 11.9. The fraction of sp³-hybridized carbons (Fsp3) is 0.692. The predicted molar refractivity (Wildman–Crippen MR) is 63.5 cm³/mol. The molecule has 0 spiro atoms. The lowest BCUT2D eigenvalue weighted by atomic mass is 10.2. The lowest BCUT2D eigenvalue weighted by molar-refractivity contribution is 0.192. The summed E-state index contributed by atoms with van der Waals surface area (Å²) < 4.78 is 4.98. The first kappa shape index (κ1) is 13.4. The summed E-state index contributed by atoms with van der Waals surface area (Å²) in [5.74, 6) is 0. The van der Waals surface area contributed by atoms with Crippen molar-refractivity contribution >= 4 is 0 Å². The second kappa shape index (κ2) is 12.4. The van der Waals surface area contributed by atoms with Crippen molar-refractivity contribution < 1.29 is 4.74 Å². The standard InChI is InChI=1S/C13H24O/c1-3-4-5-6-7-8-9-10-11-12-13-14-2/h5-8H,3-4,9-13H2,1-2H3. The van der Waals surface area contributed by atoms with Gasteiger partial charge in [-0.15, -0.1) is 0 Å². The van der Waals surface area contributed by atoms with Crippen LogP contribution in [-0.2, 0) is 4.74 Å². The van der Waals surface area contributed by atoms with Crippen LogP contribution in [0.1, 0.15) is 45.4 Å². The topological polar surface area (TPSA) is 9.23 Å². The third-order valence-electron chi connectivity index (χ3n) is 2.06. The molecule has 0 aromatic heterocycles. The van der Waals surface area contributed by atoms with Crippen molar-refractivity contribution in [2.75, 3.05) is 13.7 Å². The zero-order valence-corrected chi connectivity index (χ0v) is 9.67. The normalized spacial score (nSPS) is 11.9. The fourth-order valence-corrected chi connectivity index (χ4v) is 1.20. The molecule has 0 aliphatic heterocycles. The summed E-state index contributed by atoms with van der Waals surface area (Å²) in [6.45, 7) is 3.10. The molecular formula is C13H24O. The van der Waals surface area contributed by atoms with E-state index in [0.717, 1.165) is 6.61 Å². The Morgan fingerprint density at radius 3 is 2.29 bits per heavy atom. The average Bonchev–Trinajstić information content (AvgIpc) is 2.21. The van der Waals surface area contributed by atoms with E-state index < -0.39 is 0 Å². The van der Waals surface area contributed by atoms with Crippen molar-refractivity contribution in [1.29, 1.82) is 0 Å². The van der Waals surface area contributed by atoms with E-state index in [2.05, 4.69) is 31.2 Å². The van der Waals surface area contributed by atoms with E-state index in [1.54, 1.807) is 7.11 Å². The number of allylic oxidation sites excluding steroid dienone is 4. The summed E-state index contributed by atoms with van der Waals surface area (Å²) in [6, 6.07) is 0. The van der Waals surface area contributed by atoms with Gasteiger partial charge < -0.3 is 4.74 Å². The van der Waals surface area contributed by atoms with Gasteiger partial charge in [0, 0.05) is 13.7 Å². The van der Waals surface area contributed by atoms with Crippen LogP contribution in [0, 0.1) is 0 Å². The van der Waals surface area contributed by atoms with Gasteiger partial charge in [0.2, 0.25) is 0 Å². The first-order valence-electron chi connectivity index (χ1n) is 5.72. The summed E-state index contributed by atoms with van der Waals surface area (Å²) >= 11 is 0. The second-order valence-electron chi connectivity index (χ2n) is 3.49. The molecule has 0 N–H and O–H groups in total. The zero-order valence-electron chi connectivity index (χ0n) is 9.67. The lowest BCUT2D eigenvalue weighted by Gasteiger charge is -1.96. The predicted octanol–water partition coefficient (Wildman–Crippen LogP) is 4.11. The van der Waals surface area contributed by atoms with Gasteiger partial charge in [0.25, 0.3) is 0 Å². The summed E-state index contributed by atoms with van der Waals surface area (Å²) in [5.41, 5.74) is 0. The van der Waals surface area contributed by atoms with Crippen molar-refractivity contribution in [3.8, 4) is 0 Å². The minimum absolute atomic E-state index is 0.903. The molecule has 0 aliphatic carbocycles. The van der Waals surface area contributed by atoms with Gasteiger partial charge in [-0.3, -0.25) is 0 Å². The quantitative estimate of drug-likeness (QED) is 0.398. The Balaban J connectivity index is 3.10. The number of ether oxygens (including phenoxy) is 1. The molecule has 0 aliphatic rings. The summed E-state index contributed by atoms with van der Waals surface area (Å²) in [6.07, 6.45) is 16.2. The lowest BCUT2D eigenvalue weighted by Crippen LogP contribution is -1.87. The van der Waals surface area contributed by atoms with Gasteiger partial charge >= 0.3 is 0 Å². The van der Waals surface area contributed by atoms with Crippen LogP contribution in [0.5, 0.6) is 0 Å². The van der Waals surface area contributed by atoms with Gasteiger partial charge in [0.05, 0.1) is 0 Å². The molecule has 1 heteroatoms. The van der Waals surface area contributed by atoms with E-state index in [0.29, 0.717) is 0 Å². The second-order valence-corrected chi connectivity index (χ2v) is 3.49. The maximum atomic E-state index is 4.98. The van der Waals surface area contributed by atoms with E-state index in [-0.39, 0.29) is 0 Å². The van der Waals surface area contributed by atoms with E-state index in [9.17, 15) is 0 Å². The number of rotatable bonds is 9. The smallest absolute Gasteiger partial charge is 0.0462 e. The Labute approximate surface area is 88.9 Å². The number of unbranched alkanes of at least 4 members (excludes halogenated alkanes) is 4. The number of hydrogen-bond donors (Lipinski definition) is 0. The Bertz CT molecular complexity index is 147. The van der Waals surface area contributed by atoms with Crippen LogP contribution in [0.2, 0.25) is 0 Å². The molecule has 0 bridgehead atoms. The van der Waals surface area contributed by atoms with Crippen molar-refractivity contribution in [1.82, 2.24) is 0 Å². The minimum atomic E-state index is 0.903. The minimum Gasteiger partial charge on any atom is -0.385 e. The molecule has 0 saturated heterocycles. The maximum Gasteiger partial charge on any atom is 0.0462 e. The summed E-state index contributed by atoms with van der Waals surface area (Å²) in [7, 11) is 1.76. The van der Waals surface area contributed by atoms with Crippen molar-refractivity contribution in [3.63, 3.8) is 0 Å². The number of hydrogen-bond acceptors (Lipinski definition) is 1. The van der Waals surface area contributed by atoms with Gasteiger partial charge in [-0.2, -0.15) is 0 Å². The van der Waals surface area contributed by atoms with Crippen LogP contribution < -0.4 is 0 Å². The van der Waals surface area contributed by atoms with Gasteiger partial charge in [-0.25, -0.2) is 0 Å². The Morgan fingerprint density at radius 1 is 0.929 bits per heavy atom. The first-order chi connectivity index (χ1) is 6.91. The molecule has 0 amide bonds. The molecule has 82 valence electrons. The third-order valence-corrected chi connectivity index (χ3v) is 2.06. The highest BCUT2D eigenvalue weighted by molar-refractivity contribution is 5.01. The maximum absolute atomic E-state index is 4.98. The average molecular weight is 196 g/mol. The van der Waals surface area contributed by atoms with E-state index >= 15 is 0 Å². The summed E-state index contributed by atoms with van der Waals surface area (Å²) in [4.78, 5) is 0. The highest BCUT2D eigenvalue weighted by atomic mass is 16.5. The first-order valence-corrected chi connectivity index (χ1v) is 5.72. The molecule has 0 atom stereocenters. The highest BCUT2D eigenvalue weighted by Crippen LogP contribution is 2.00. The number of methoxy groups -OCH3 is 1. The van der Waals surface area contributed by atoms with E-state index in [1.807, 2.05) is 0 Å². The SMILES string of the molecule is CCCC=CC=CCCCCCOC. The van der Waals surface area contributed by atoms with Crippen LogP contribution in [0.4, 0.5) is 0 Å². The van der Waals surface area contributed by atoms with Crippen LogP contribution in [0.3, 0.4) is 0 Å². The van der Waals surface area contributed by atoms with Crippen molar-refractivity contribution in [2.45, 2.75) is 45.4 Å². The van der Waals surface area contributed by atoms with Crippen LogP contribution >= 0.6 is 0 Å². The van der Waals surface area contributed by atoms with Crippen molar-refractivity contribution in [2.24, 2.45) is 0 Å². The molecule has 0 fully saturated rings. The Morgan fingerprint density at radius 2 is 1.64 bits per heavy atom. The van der Waals surface area contributed by atoms with Gasteiger partial charge in [-0.05, 0) is 25.7 Å². The Hall–Kier alpha value is -0.560. The van der Waals surface area contributed by atoms with Gasteiger partial charge in [0.15, 0.2) is 0 Å². The van der Waals surface area contributed by atoms with Gasteiger partial charge in [0.1, 0.15) is 0 Å². The van der Waals surface area contributed by atoms with E-state index in [1.165, 1.54) is 38.5 Å². The molecule has 0 unspecified atom stereocenters. The highest BCUT2D eigenvalue weighted by Gasteiger charge is 1.85. The third kappa shape index (κ3) is 11.4. The van der Waals surface area contributed by atoms with Crippen molar-refractivity contribution in [3.05, 3.63) is 24.3 Å². The molecule has 0 rings (SSSR count). The monoisotopic (exact) mass is 196 g/mol. The molecule has 0 aromatic carbocycles. The zero-order chi connectivity index (χ0) is 10.5. The van der Waals surface area contributed by atoms with Gasteiger partial charge in [-0.1, -0.05) is 44.1 Å². The van der Waals surface area contributed by atoms with E-state index in [4.69, 9.17) is 4.74 Å². The largest absolute Gasteiger partial charge is 0.385 e.